The van der Waals surface area contributed by atoms with Gasteiger partial charge < -0.3 is 19.5 Å². The van der Waals surface area contributed by atoms with Gasteiger partial charge in [0.2, 0.25) is 0 Å². The molecule has 0 amide bonds. The van der Waals surface area contributed by atoms with Crippen molar-refractivity contribution in [2.24, 2.45) is 0 Å². The number of ether oxygens (including phenoxy) is 3. The number of hydrogen-bond acceptors (Lipinski definition) is 4. The molecule has 3 rings (SSSR count). The molecule has 0 bridgehead atoms. The molecule has 2 aromatic carbocycles. The molecule has 23 heavy (non-hydrogen) atoms. The van der Waals surface area contributed by atoms with Gasteiger partial charge in [-0.05, 0) is 54.3 Å². The zero-order valence-corrected chi connectivity index (χ0v) is 13.9. The third-order valence-corrected chi connectivity index (χ3v) is 4.20. The van der Waals surface area contributed by atoms with Gasteiger partial charge in [0.25, 0.3) is 0 Å². The van der Waals surface area contributed by atoms with Gasteiger partial charge in [-0.25, -0.2) is 0 Å². The summed E-state index contributed by atoms with van der Waals surface area (Å²) in [6.45, 7) is 3.60. The largest absolute Gasteiger partial charge is 0.494 e. The molecule has 1 aliphatic heterocycles. The summed E-state index contributed by atoms with van der Waals surface area (Å²) in [5.74, 6) is 2.45. The van der Waals surface area contributed by atoms with E-state index in [1.807, 2.05) is 19.1 Å². The van der Waals surface area contributed by atoms with Gasteiger partial charge >= 0.3 is 0 Å². The lowest BCUT2D eigenvalue weighted by molar-refractivity contribution is 0.339. The maximum atomic E-state index is 5.63. The fourth-order valence-corrected chi connectivity index (χ4v) is 3.13. The summed E-state index contributed by atoms with van der Waals surface area (Å²) < 4.78 is 16.5. The topological polar surface area (TPSA) is 39.7 Å². The van der Waals surface area contributed by atoms with Gasteiger partial charge in [0.05, 0.1) is 26.9 Å². The van der Waals surface area contributed by atoms with Crippen LogP contribution in [-0.2, 0) is 6.42 Å². The monoisotopic (exact) mass is 313 g/mol. The highest BCUT2D eigenvalue weighted by Gasteiger charge is 2.24. The van der Waals surface area contributed by atoms with Gasteiger partial charge in [-0.1, -0.05) is 12.1 Å². The van der Waals surface area contributed by atoms with Crippen LogP contribution in [0, 0.1) is 0 Å². The van der Waals surface area contributed by atoms with E-state index in [-0.39, 0.29) is 6.04 Å². The normalized spacial score (nSPS) is 16.6. The Balaban J connectivity index is 2.02. The number of nitrogens with one attached hydrogen (secondary N) is 1. The second kappa shape index (κ2) is 6.92. The molecule has 1 aliphatic rings. The lowest BCUT2D eigenvalue weighted by Gasteiger charge is -2.28. The maximum absolute atomic E-state index is 5.63. The van der Waals surface area contributed by atoms with Crippen molar-refractivity contribution in [3.63, 3.8) is 0 Å². The van der Waals surface area contributed by atoms with Gasteiger partial charge in [0.15, 0.2) is 11.5 Å². The van der Waals surface area contributed by atoms with Crippen LogP contribution in [0.25, 0.3) is 0 Å². The Morgan fingerprint density at radius 3 is 2.61 bits per heavy atom. The van der Waals surface area contributed by atoms with Crippen LogP contribution in [0.2, 0.25) is 0 Å². The third-order valence-electron chi connectivity index (χ3n) is 4.20. The molecule has 0 aromatic heterocycles. The first kappa shape index (κ1) is 15.7. The van der Waals surface area contributed by atoms with Gasteiger partial charge in [-0.15, -0.1) is 0 Å². The van der Waals surface area contributed by atoms with Gasteiger partial charge in [0.1, 0.15) is 5.75 Å². The molecule has 0 spiro atoms. The van der Waals surface area contributed by atoms with Crippen LogP contribution in [0.4, 0.5) is 0 Å². The minimum absolute atomic E-state index is 0.138. The summed E-state index contributed by atoms with van der Waals surface area (Å²) in [6, 6.07) is 12.6. The molecule has 0 fully saturated rings. The van der Waals surface area contributed by atoms with E-state index in [1.54, 1.807) is 14.2 Å². The average molecular weight is 313 g/mol. The molecule has 0 saturated heterocycles. The van der Waals surface area contributed by atoms with Gasteiger partial charge in [0, 0.05) is 6.54 Å². The molecule has 1 N–H and O–H groups in total. The van der Waals surface area contributed by atoms with E-state index >= 15 is 0 Å². The van der Waals surface area contributed by atoms with Gasteiger partial charge in [-0.2, -0.15) is 0 Å². The quantitative estimate of drug-likeness (QED) is 0.919. The van der Waals surface area contributed by atoms with Crippen molar-refractivity contribution in [3.05, 3.63) is 53.1 Å². The van der Waals surface area contributed by atoms with Crippen molar-refractivity contribution >= 4 is 0 Å². The zero-order chi connectivity index (χ0) is 16.2. The van der Waals surface area contributed by atoms with E-state index in [9.17, 15) is 0 Å². The van der Waals surface area contributed by atoms with E-state index in [2.05, 4.69) is 29.6 Å². The van der Waals surface area contributed by atoms with E-state index in [4.69, 9.17) is 14.2 Å². The summed E-state index contributed by atoms with van der Waals surface area (Å²) in [7, 11) is 3.35. The predicted molar refractivity (Wildman–Crippen MR) is 90.7 cm³/mol. The molecule has 0 radical (unpaired) electrons. The SMILES string of the molecule is CCOc1cccc(C2NCCc3cc(OC)c(OC)cc32)c1. The molecule has 2 aromatic rings. The van der Waals surface area contributed by atoms with Crippen LogP contribution in [0.1, 0.15) is 29.7 Å². The molecule has 4 nitrogen and oxygen atoms in total. The second-order valence-corrected chi connectivity index (χ2v) is 5.55. The van der Waals surface area contributed by atoms with E-state index in [1.165, 1.54) is 16.7 Å². The molecule has 122 valence electrons. The number of methoxy groups -OCH3 is 2. The fourth-order valence-electron chi connectivity index (χ4n) is 3.13. The molecular weight excluding hydrogens is 290 g/mol. The lowest BCUT2D eigenvalue weighted by Crippen LogP contribution is -2.30. The van der Waals surface area contributed by atoms with Crippen molar-refractivity contribution in [1.82, 2.24) is 5.32 Å². The molecular formula is C19H23NO3. The first-order valence-electron chi connectivity index (χ1n) is 7.97. The predicted octanol–water partition coefficient (Wildman–Crippen LogP) is 3.34. The molecule has 1 unspecified atom stereocenters. The van der Waals surface area contributed by atoms with E-state index < -0.39 is 0 Å². The van der Waals surface area contributed by atoms with Crippen LogP contribution in [0.3, 0.4) is 0 Å². The first-order valence-corrected chi connectivity index (χ1v) is 7.97. The highest BCUT2D eigenvalue weighted by atomic mass is 16.5. The Morgan fingerprint density at radius 2 is 1.87 bits per heavy atom. The molecule has 4 heteroatoms. The Bertz CT molecular complexity index is 684. The highest BCUT2D eigenvalue weighted by Crippen LogP contribution is 2.37. The van der Waals surface area contributed by atoms with Crippen LogP contribution < -0.4 is 19.5 Å². The summed E-state index contributed by atoms with van der Waals surface area (Å²) >= 11 is 0. The highest BCUT2D eigenvalue weighted by molar-refractivity contribution is 5.52. The Morgan fingerprint density at radius 1 is 1.09 bits per heavy atom. The van der Waals surface area contributed by atoms with Crippen molar-refractivity contribution in [2.45, 2.75) is 19.4 Å². The minimum atomic E-state index is 0.138. The summed E-state index contributed by atoms with van der Waals surface area (Å²) in [5.41, 5.74) is 3.74. The number of benzene rings is 2. The Kier molecular flexibility index (Phi) is 4.72. The summed E-state index contributed by atoms with van der Waals surface area (Å²) in [5, 5.41) is 3.60. The van der Waals surface area contributed by atoms with Crippen molar-refractivity contribution in [2.75, 3.05) is 27.4 Å². The van der Waals surface area contributed by atoms with Crippen molar-refractivity contribution in [1.29, 1.82) is 0 Å². The number of fused-ring (bicyclic) bond motifs is 1. The maximum Gasteiger partial charge on any atom is 0.161 e. The van der Waals surface area contributed by atoms with Crippen LogP contribution in [-0.4, -0.2) is 27.4 Å². The molecule has 1 atom stereocenters. The Hall–Kier alpha value is -2.20. The third kappa shape index (κ3) is 3.13. The van der Waals surface area contributed by atoms with E-state index in [0.29, 0.717) is 6.61 Å². The minimum Gasteiger partial charge on any atom is -0.494 e. The van der Waals surface area contributed by atoms with Crippen LogP contribution in [0.15, 0.2) is 36.4 Å². The number of hydrogen-bond donors (Lipinski definition) is 1. The zero-order valence-electron chi connectivity index (χ0n) is 13.9. The van der Waals surface area contributed by atoms with Gasteiger partial charge in [-0.3, -0.25) is 0 Å². The van der Waals surface area contributed by atoms with Crippen molar-refractivity contribution in [3.8, 4) is 17.2 Å². The first-order chi connectivity index (χ1) is 11.3. The average Bonchev–Trinajstić information content (AvgIpc) is 2.60. The van der Waals surface area contributed by atoms with E-state index in [0.717, 1.165) is 30.2 Å². The molecule has 1 heterocycles. The van der Waals surface area contributed by atoms with Crippen molar-refractivity contribution < 1.29 is 14.2 Å². The lowest BCUT2D eigenvalue weighted by atomic mass is 9.89. The second-order valence-electron chi connectivity index (χ2n) is 5.55. The smallest absolute Gasteiger partial charge is 0.161 e. The summed E-state index contributed by atoms with van der Waals surface area (Å²) in [6.07, 6.45) is 0.983. The van der Waals surface area contributed by atoms with Crippen LogP contribution >= 0.6 is 0 Å². The Labute approximate surface area is 137 Å². The standard InChI is InChI=1S/C19H23NO3/c1-4-23-15-7-5-6-14(10-15)19-16-12-18(22-3)17(21-2)11-13(16)8-9-20-19/h5-7,10-12,19-20H,4,8-9H2,1-3H3. The number of rotatable bonds is 5. The van der Waals surface area contributed by atoms with Crippen LogP contribution in [0.5, 0.6) is 17.2 Å². The fraction of sp³-hybridized carbons (Fsp3) is 0.368. The summed E-state index contributed by atoms with van der Waals surface area (Å²) in [4.78, 5) is 0. The molecule has 0 aliphatic carbocycles. The molecule has 0 saturated carbocycles.